The Morgan fingerprint density at radius 3 is 2.83 bits per heavy atom. The van der Waals surface area contributed by atoms with E-state index < -0.39 is 0 Å². The van der Waals surface area contributed by atoms with E-state index in [0.717, 1.165) is 22.4 Å². The number of anilines is 2. The van der Waals surface area contributed by atoms with Crippen molar-refractivity contribution in [1.82, 2.24) is 15.0 Å². The van der Waals surface area contributed by atoms with Gasteiger partial charge in [-0.3, -0.25) is 4.79 Å². The quantitative estimate of drug-likeness (QED) is 0.768. The molecule has 1 aliphatic heterocycles. The molecule has 0 saturated carbocycles. The van der Waals surface area contributed by atoms with E-state index >= 15 is 0 Å². The van der Waals surface area contributed by atoms with Crippen molar-refractivity contribution in [2.45, 2.75) is 13.0 Å². The van der Waals surface area contributed by atoms with Gasteiger partial charge in [0.15, 0.2) is 0 Å². The topological polar surface area (TPSA) is 92.9 Å². The number of benzene rings is 1. The Hall–Kier alpha value is -3.22. The molecule has 0 aliphatic carbocycles. The van der Waals surface area contributed by atoms with Gasteiger partial charge in [-0.1, -0.05) is 12.1 Å². The van der Waals surface area contributed by atoms with Crippen LogP contribution in [0.5, 0.6) is 0 Å². The fraction of sp³-hybridized carbons (Fsp3) is 0.125. The lowest BCUT2D eigenvalue weighted by molar-refractivity contribution is -0.115. The lowest BCUT2D eigenvalue weighted by Gasteiger charge is -2.06. The highest BCUT2D eigenvalue weighted by Gasteiger charge is 2.17. The van der Waals surface area contributed by atoms with E-state index in [1.54, 1.807) is 18.6 Å². The average Bonchev–Trinajstić information content (AvgIpc) is 3.21. The van der Waals surface area contributed by atoms with Gasteiger partial charge in [0, 0.05) is 23.6 Å². The summed E-state index contributed by atoms with van der Waals surface area (Å²) in [5, 5.41) is 5.88. The van der Waals surface area contributed by atoms with Crippen LogP contribution < -0.4 is 10.6 Å². The summed E-state index contributed by atoms with van der Waals surface area (Å²) in [6.45, 7) is 0.428. The zero-order valence-corrected chi connectivity index (χ0v) is 12.1. The van der Waals surface area contributed by atoms with E-state index in [4.69, 9.17) is 4.42 Å². The summed E-state index contributed by atoms with van der Waals surface area (Å²) in [7, 11) is 0. The van der Waals surface area contributed by atoms with Gasteiger partial charge >= 0.3 is 0 Å². The Morgan fingerprint density at radius 2 is 2.04 bits per heavy atom. The minimum atomic E-state index is 0.0273. The first-order valence-electron chi connectivity index (χ1n) is 7.15. The maximum atomic E-state index is 11.4. The van der Waals surface area contributed by atoms with Crippen molar-refractivity contribution in [2.24, 2.45) is 0 Å². The van der Waals surface area contributed by atoms with E-state index in [1.807, 2.05) is 18.2 Å². The number of hydrogen-bond donors (Lipinski definition) is 2. The monoisotopic (exact) mass is 307 g/mol. The molecule has 0 fully saturated rings. The second-order valence-electron chi connectivity index (χ2n) is 5.17. The molecule has 0 bridgehead atoms. The third-order valence-corrected chi connectivity index (χ3v) is 3.60. The molecular weight excluding hydrogens is 294 g/mol. The summed E-state index contributed by atoms with van der Waals surface area (Å²) in [5.41, 5.74) is 3.73. The summed E-state index contributed by atoms with van der Waals surface area (Å²) in [6.07, 6.45) is 7.03. The van der Waals surface area contributed by atoms with Crippen LogP contribution in [0.25, 0.3) is 11.1 Å². The molecular formula is C16H13N5O2. The first-order chi connectivity index (χ1) is 11.3. The van der Waals surface area contributed by atoms with Gasteiger partial charge < -0.3 is 15.1 Å². The lowest BCUT2D eigenvalue weighted by atomic mass is 10.1. The van der Waals surface area contributed by atoms with Crippen molar-refractivity contribution in [2.75, 3.05) is 10.6 Å². The highest BCUT2D eigenvalue weighted by Crippen LogP contribution is 2.28. The van der Waals surface area contributed by atoms with E-state index in [9.17, 15) is 4.79 Å². The third kappa shape index (κ3) is 2.76. The van der Waals surface area contributed by atoms with Crippen LogP contribution in [0.15, 0.2) is 47.5 Å². The first kappa shape index (κ1) is 13.4. The number of nitrogens with zero attached hydrogens (tertiary/aromatic N) is 3. The summed E-state index contributed by atoms with van der Waals surface area (Å²) in [5.74, 6) is 1.10. The summed E-state index contributed by atoms with van der Waals surface area (Å²) in [6, 6.07) is 5.87. The first-order valence-corrected chi connectivity index (χ1v) is 7.15. The third-order valence-electron chi connectivity index (χ3n) is 3.60. The molecule has 0 radical (unpaired) electrons. The van der Waals surface area contributed by atoms with Crippen molar-refractivity contribution in [3.63, 3.8) is 0 Å². The minimum absolute atomic E-state index is 0.0273. The van der Waals surface area contributed by atoms with Crippen molar-refractivity contribution in [3.05, 3.63) is 54.5 Å². The van der Waals surface area contributed by atoms with E-state index in [-0.39, 0.29) is 5.91 Å². The van der Waals surface area contributed by atoms with E-state index in [0.29, 0.717) is 24.8 Å². The number of oxazole rings is 1. The van der Waals surface area contributed by atoms with Gasteiger partial charge in [0.1, 0.15) is 6.26 Å². The number of aromatic nitrogens is 3. The van der Waals surface area contributed by atoms with Crippen LogP contribution in [0.2, 0.25) is 0 Å². The van der Waals surface area contributed by atoms with Gasteiger partial charge in [0.2, 0.25) is 17.7 Å². The maximum Gasteiger partial charge on any atom is 0.228 e. The molecule has 0 atom stereocenters. The SMILES string of the molecule is O=C1Cc2ccc(-c3cnc(NCc4ncco4)nc3)cc2N1. The van der Waals surface area contributed by atoms with Crippen molar-refractivity contribution in [1.29, 1.82) is 0 Å². The van der Waals surface area contributed by atoms with Crippen LogP contribution >= 0.6 is 0 Å². The van der Waals surface area contributed by atoms with E-state index in [2.05, 4.69) is 25.6 Å². The van der Waals surface area contributed by atoms with Crippen LogP contribution in [0.4, 0.5) is 11.6 Å². The Morgan fingerprint density at radius 1 is 1.17 bits per heavy atom. The van der Waals surface area contributed by atoms with E-state index in [1.165, 1.54) is 6.26 Å². The molecule has 0 spiro atoms. The van der Waals surface area contributed by atoms with Crippen molar-refractivity contribution >= 4 is 17.5 Å². The molecule has 2 aromatic heterocycles. The van der Waals surface area contributed by atoms with Crippen LogP contribution in [0.1, 0.15) is 11.5 Å². The molecule has 4 rings (SSSR count). The Labute approximate surface area is 131 Å². The lowest BCUT2D eigenvalue weighted by Crippen LogP contribution is -2.04. The van der Waals surface area contributed by atoms with Crippen LogP contribution in [-0.4, -0.2) is 20.9 Å². The largest absolute Gasteiger partial charge is 0.447 e. The molecule has 7 nitrogen and oxygen atoms in total. The van der Waals surface area contributed by atoms with Crippen LogP contribution in [0, 0.1) is 0 Å². The highest BCUT2D eigenvalue weighted by atomic mass is 16.3. The fourth-order valence-electron chi connectivity index (χ4n) is 2.46. The number of rotatable bonds is 4. The zero-order valence-electron chi connectivity index (χ0n) is 12.1. The minimum Gasteiger partial charge on any atom is -0.447 e. The fourth-order valence-corrected chi connectivity index (χ4v) is 2.46. The number of amides is 1. The molecule has 0 saturated heterocycles. The number of carbonyl (C=O) groups is 1. The maximum absolute atomic E-state index is 11.4. The van der Waals surface area contributed by atoms with Gasteiger partial charge in [0.05, 0.1) is 19.2 Å². The standard InChI is InChI=1S/C16H13N5O2/c22-14-6-11-2-1-10(5-13(11)21-14)12-7-18-16(19-8-12)20-9-15-17-3-4-23-15/h1-5,7-8H,6,9H2,(H,21,22)(H,18,19,20). The molecule has 114 valence electrons. The molecule has 23 heavy (non-hydrogen) atoms. The molecule has 7 heteroatoms. The number of hydrogen-bond acceptors (Lipinski definition) is 6. The van der Waals surface area contributed by atoms with Crippen LogP contribution in [-0.2, 0) is 17.8 Å². The smallest absolute Gasteiger partial charge is 0.228 e. The zero-order chi connectivity index (χ0) is 15.6. The average molecular weight is 307 g/mol. The Bertz CT molecular complexity index is 843. The predicted octanol–water partition coefficient (Wildman–Crippen LogP) is 2.24. The second kappa shape index (κ2) is 5.53. The highest BCUT2D eigenvalue weighted by molar-refractivity contribution is 5.99. The number of carbonyl (C=O) groups excluding carboxylic acids is 1. The van der Waals surface area contributed by atoms with Gasteiger partial charge in [-0.15, -0.1) is 0 Å². The Balaban J connectivity index is 1.50. The molecule has 3 aromatic rings. The second-order valence-corrected chi connectivity index (χ2v) is 5.17. The van der Waals surface area contributed by atoms with Crippen molar-refractivity contribution < 1.29 is 9.21 Å². The Kier molecular flexibility index (Phi) is 3.23. The summed E-state index contributed by atoms with van der Waals surface area (Å²) < 4.78 is 5.14. The molecule has 1 amide bonds. The van der Waals surface area contributed by atoms with Gasteiger partial charge in [0.25, 0.3) is 0 Å². The molecule has 3 heterocycles. The summed E-state index contributed by atoms with van der Waals surface area (Å²) >= 11 is 0. The van der Waals surface area contributed by atoms with Gasteiger partial charge in [-0.25, -0.2) is 15.0 Å². The predicted molar refractivity (Wildman–Crippen MR) is 83.6 cm³/mol. The summed E-state index contributed by atoms with van der Waals surface area (Å²) in [4.78, 5) is 24.0. The normalized spacial score (nSPS) is 12.8. The van der Waals surface area contributed by atoms with Gasteiger partial charge in [-0.05, 0) is 17.2 Å². The molecule has 1 aromatic carbocycles. The molecule has 1 aliphatic rings. The van der Waals surface area contributed by atoms with Crippen molar-refractivity contribution in [3.8, 4) is 11.1 Å². The molecule has 0 unspecified atom stereocenters. The van der Waals surface area contributed by atoms with Crippen LogP contribution in [0.3, 0.4) is 0 Å². The number of fused-ring (bicyclic) bond motifs is 1. The van der Waals surface area contributed by atoms with Gasteiger partial charge in [-0.2, -0.15) is 0 Å². The molecule has 2 N–H and O–H groups in total. The number of nitrogens with one attached hydrogen (secondary N) is 2.